The van der Waals surface area contributed by atoms with Gasteiger partial charge in [0.2, 0.25) is 0 Å². The lowest BCUT2D eigenvalue weighted by Gasteiger charge is -2.28. The fourth-order valence-electron chi connectivity index (χ4n) is 1.28. The summed E-state index contributed by atoms with van der Waals surface area (Å²) in [5.41, 5.74) is -1.06. The molecule has 0 aromatic heterocycles. The van der Waals surface area contributed by atoms with E-state index in [1.807, 2.05) is 0 Å². The molecular formula is C7H15ClFNO. The minimum absolute atomic E-state index is 0. The number of alkyl halides is 1. The zero-order valence-electron chi connectivity index (χ0n) is 6.73. The first kappa shape index (κ1) is 11.1. The van der Waals surface area contributed by atoms with Crippen molar-refractivity contribution in [3.8, 4) is 0 Å². The van der Waals surface area contributed by atoms with E-state index < -0.39 is 5.67 Å². The Kier molecular flexibility index (Phi) is 4.97. The number of ether oxygens (including phenoxy) is 1. The van der Waals surface area contributed by atoms with Crippen LogP contribution in [0.15, 0.2) is 0 Å². The third kappa shape index (κ3) is 3.36. The number of hydrogen-bond donors (Lipinski definition) is 1. The molecule has 0 aliphatic carbocycles. The number of halogens is 2. The lowest BCUT2D eigenvalue weighted by atomic mass is 9.96. The molecular weight excluding hydrogens is 169 g/mol. The molecule has 1 aliphatic rings. The zero-order valence-corrected chi connectivity index (χ0v) is 7.55. The molecule has 0 atom stereocenters. The van der Waals surface area contributed by atoms with Gasteiger partial charge in [0.1, 0.15) is 5.67 Å². The Balaban J connectivity index is 0.000001000. The first-order valence-corrected chi connectivity index (χ1v) is 3.65. The molecule has 2 nitrogen and oxygen atoms in total. The third-order valence-corrected chi connectivity index (χ3v) is 1.90. The van der Waals surface area contributed by atoms with Crippen LogP contribution in [0.1, 0.15) is 12.8 Å². The summed E-state index contributed by atoms with van der Waals surface area (Å²) in [6.45, 7) is 1.80. The Morgan fingerprint density at radius 2 is 2.00 bits per heavy atom. The van der Waals surface area contributed by atoms with E-state index in [-0.39, 0.29) is 19.0 Å². The SMILES string of the molecule is COCC1(F)CCNCC1.Cl. The molecule has 0 unspecified atom stereocenters. The fraction of sp³-hybridized carbons (Fsp3) is 1.00. The van der Waals surface area contributed by atoms with Crippen molar-refractivity contribution >= 4 is 12.4 Å². The normalized spacial score (nSPS) is 22.4. The van der Waals surface area contributed by atoms with Crippen LogP contribution in [0.25, 0.3) is 0 Å². The molecule has 1 rings (SSSR count). The molecule has 1 heterocycles. The van der Waals surface area contributed by atoms with Gasteiger partial charge in [-0.15, -0.1) is 12.4 Å². The van der Waals surface area contributed by atoms with Gasteiger partial charge in [-0.05, 0) is 25.9 Å². The maximum absolute atomic E-state index is 13.4. The first-order chi connectivity index (χ1) is 4.77. The smallest absolute Gasteiger partial charge is 0.136 e. The molecule has 0 amide bonds. The number of nitrogens with one attached hydrogen (secondary N) is 1. The van der Waals surface area contributed by atoms with E-state index in [0.29, 0.717) is 12.8 Å². The number of piperidine rings is 1. The highest BCUT2D eigenvalue weighted by Crippen LogP contribution is 2.22. The molecule has 0 saturated carbocycles. The van der Waals surface area contributed by atoms with Crippen LogP contribution in [0.5, 0.6) is 0 Å². The van der Waals surface area contributed by atoms with E-state index in [9.17, 15) is 4.39 Å². The minimum Gasteiger partial charge on any atom is -0.381 e. The molecule has 0 radical (unpaired) electrons. The van der Waals surface area contributed by atoms with Gasteiger partial charge < -0.3 is 10.1 Å². The minimum atomic E-state index is -1.06. The van der Waals surface area contributed by atoms with Gasteiger partial charge in [0.25, 0.3) is 0 Å². The van der Waals surface area contributed by atoms with Crippen molar-refractivity contribution in [1.29, 1.82) is 0 Å². The van der Waals surface area contributed by atoms with E-state index in [4.69, 9.17) is 4.74 Å². The van der Waals surface area contributed by atoms with Gasteiger partial charge in [0.15, 0.2) is 0 Å². The summed E-state index contributed by atoms with van der Waals surface area (Å²) >= 11 is 0. The second-order valence-electron chi connectivity index (χ2n) is 2.83. The van der Waals surface area contributed by atoms with E-state index in [2.05, 4.69) is 5.32 Å². The molecule has 1 N–H and O–H groups in total. The van der Waals surface area contributed by atoms with Crippen molar-refractivity contribution in [2.24, 2.45) is 0 Å². The molecule has 0 spiro atoms. The molecule has 68 valence electrons. The van der Waals surface area contributed by atoms with Gasteiger partial charge >= 0.3 is 0 Å². The average molecular weight is 184 g/mol. The molecule has 4 heteroatoms. The largest absolute Gasteiger partial charge is 0.381 e. The maximum Gasteiger partial charge on any atom is 0.136 e. The lowest BCUT2D eigenvalue weighted by molar-refractivity contribution is 0.0183. The topological polar surface area (TPSA) is 21.3 Å². The van der Waals surface area contributed by atoms with Crippen molar-refractivity contribution in [1.82, 2.24) is 5.32 Å². The monoisotopic (exact) mass is 183 g/mol. The second-order valence-corrected chi connectivity index (χ2v) is 2.83. The van der Waals surface area contributed by atoms with Crippen molar-refractivity contribution in [2.75, 3.05) is 26.8 Å². The zero-order chi connectivity index (χ0) is 7.45. The highest BCUT2D eigenvalue weighted by molar-refractivity contribution is 5.85. The van der Waals surface area contributed by atoms with Crippen molar-refractivity contribution in [2.45, 2.75) is 18.5 Å². The second kappa shape index (κ2) is 4.91. The van der Waals surface area contributed by atoms with Crippen LogP contribution in [-0.2, 0) is 4.74 Å². The molecule has 0 aromatic carbocycles. The van der Waals surface area contributed by atoms with Crippen LogP contribution in [0, 0.1) is 0 Å². The first-order valence-electron chi connectivity index (χ1n) is 3.65. The lowest BCUT2D eigenvalue weighted by Crippen LogP contribution is -2.41. The summed E-state index contributed by atoms with van der Waals surface area (Å²) in [5, 5.41) is 3.10. The van der Waals surface area contributed by atoms with Gasteiger partial charge in [0, 0.05) is 7.11 Å². The van der Waals surface area contributed by atoms with E-state index in [0.717, 1.165) is 13.1 Å². The van der Waals surface area contributed by atoms with Gasteiger partial charge in [0.05, 0.1) is 6.61 Å². The predicted octanol–water partition coefficient (Wildman–Crippen LogP) is 1.15. The third-order valence-electron chi connectivity index (χ3n) is 1.90. The van der Waals surface area contributed by atoms with Crippen LogP contribution in [-0.4, -0.2) is 32.5 Å². The highest BCUT2D eigenvalue weighted by atomic mass is 35.5. The van der Waals surface area contributed by atoms with Gasteiger partial charge in [-0.3, -0.25) is 0 Å². The number of rotatable bonds is 2. The fourth-order valence-corrected chi connectivity index (χ4v) is 1.28. The summed E-state index contributed by atoms with van der Waals surface area (Å²) in [6, 6.07) is 0. The quantitative estimate of drug-likeness (QED) is 0.694. The van der Waals surface area contributed by atoms with Crippen LogP contribution in [0.2, 0.25) is 0 Å². The summed E-state index contributed by atoms with van der Waals surface area (Å²) in [5.74, 6) is 0. The van der Waals surface area contributed by atoms with Crippen molar-refractivity contribution < 1.29 is 9.13 Å². The average Bonchev–Trinajstić information content (AvgIpc) is 1.89. The Morgan fingerprint density at radius 1 is 1.45 bits per heavy atom. The number of hydrogen-bond acceptors (Lipinski definition) is 2. The van der Waals surface area contributed by atoms with E-state index >= 15 is 0 Å². The standard InChI is InChI=1S/C7H14FNO.ClH/c1-10-6-7(8)2-4-9-5-3-7;/h9H,2-6H2,1H3;1H. The Morgan fingerprint density at radius 3 is 2.45 bits per heavy atom. The highest BCUT2D eigenvalue weighted by Gasteiger charge is 2.31. The van der Waals surface area contributed by atoms with Crippen molar-refractivity contribution in [3.05, 3.63) is 0 Å². The molecule has 1 saturated heterocycles. The molecule has 0 aromatic rings. The number of methoxy groups -OCH3 is 1. The van der Waals surface area contributed by atoms with Crippen molar-refractivity contribution in [3.63, 3.8) is 0 Å². The van der Waals surface area contributed by atoms with Crippen LogP contribution in [0.4, 0.5) is 4.39 Å². The van der Waals surface area contributed by atoms with Gasteiger partial charge in [-0.25, -0.2) is 4.39 Å². The molecule has 1 aliphatic heterocycles. The summed E-state index contributed by atoms with van der Waals surface area (Å²) in [4.78, 5) is 0. The predicted molar refractivity (Wildman–Crippen MR) is 45.1 cm³/mol. The molecule has 11 heavy (non-hydrogen) atoms. The summed E-state index contributed by atoms with van der Waals surface area (Å²) < 4.78 is 18.2. The molecule has 0 bridgehead atoms. The van der Waals surface area contributed by atoms with Crippen LogP contribution < -0.4 is 5.32 Å². The summed E-state index contributed by atoms with van der Waals surface area (Å²) in [7, 11) is 1.55. The maximum atomic E-state index is 13.4. The Labute approximate surface area is 72.9 Å². The Bertz CT molecular complexity index is 101. The van der Waals surface area contributed by atoms with E-state index in [1.165, 1.54) is 0 Å². The molecule has 1 fully saturated rings. The van der Waals surface area contributed by atoms with Crippen LogP contribution in [0.3, 0.4) is 0 Å². The van der Waals surface area contributed by atoms with Crippen LogP contribution >= 0.6 is 12.4 Å². The van der Waals surface area contributed by atoms with Gasteiger partial charge in [-0.2, -0.15) is 0 Å². The van der Waals surface area contributed by atoms with E-state index in [1.54, 1.807) is 7.11 Å². The van der Waals surface area contributed by atoms with Gasteiger partial charge in [-0.1, -0.05) is 0 Å². The summed E-state index contributed by atoms with van der Waals surface area (Å²) in [6.07, 6.45) is 1.17. The Hall–Kier alpha value is 0.140.